The molecule has 2 rings (SSSR count). The first-order chi connectivity index (χ1) is 9.46. The van der Waals surface area contributed by atoms with Crippen molar-refractivity contribution >= 4 is 12.0 Å². The Morgan fingerprint density at radius 3 is 2.80 bits per heavy atom. The van der Waals surface area contributed by atoms with Crippen molar-refractivity contribution in [2.75, 3.05) is 19.6 Å². The van der Waals surface area contributed by atoms with Crippen LogP contribution in [0.15, 0.2) is 22.8 Å². The van der Waals surface area contributed by atoms with E-state index in [9.17, 15) is 14.7 Å². The molecule has 0 aliphatic carbocycles. The van der Waals surface area contributed by atoms with Gasteiger partial charge in [-0.05, 0) is 32.4 Å². The Labute approximate surface area is 118 Å². The Bertz CT molecular complexity index is 485. The van der Waals surface area contributed by atoms with Crippen LogP contribution in [0.5, 0.6) is 0 Å². The fourth-order valence-corrected chi connectivity index (χ4v) is 2.40. The average Bonchev–Trinajstić information content (AvgIpc) is 3.05. The summed E-state index contributed by atoms with van der Waals surface area (Å²) in [7, 11) is 0. The van der Waals surface area contributed by atoms with Gasteiger partial charge in [0.25, 0.3) is 0 Å². The first kappa shape index (κ1) is 14.4. The Balaban J connectivity index is 2.01. The molecule has 0 aromatic carbocycles. The molecule has 1 aromatic rings. The maximum absolute atomic E-state index is 12.4. The van der Waals surface area contributed by atoms with Crippen molar-refractivity contribution in [1.82, 2.24) is 9.80 Å². The molecule has 1 fully saturated rings. The van der Waals surface area contributed by atoms with E-state index in [4.69, 9.17) is 4.42 Å². The molecular formula is C14H20N2O4. The molecule has 1 aliphatic rings. The molecule has 1 unspecified atom stereocenters. The van der Waals surface area contributed by atoms with Gasteiger partial charge in [0.15, 0.2) is 0 Å². The maximum atomic E-state index is 12.4. The first-order valence-electron chi connectivity index (χ1n) is 6.76. The molecule has 1 atom stereocenters. The molecule has 2 amide bonds. The SMILES string of the molecule is CCN(Cc1ccco1)C(=O)N1CCC(C)(C(=O)O)C1. The largest absolute Gasteiger partial charge is 0.481 e. The van der Waals surface area contributed by atoms with E-state index in [0.717, 1.165) is 5.76 Å². The molecule has 1 N–H and O–H groups in total. The molecule has 0 spiro atoms. The van der Waals surface area contributed by atoms with Crippen LogP contribution in [0.2, 0.25) is 0 Å². The van der Waals surface area contributed by atoms with Crippen LogP contribution < -0.4 is 0 Å². The van der Waals surface area contributed by atoms with Crippen molar-refractivity contribution < 1.29 is 19.1 Å². The summed E-state index contributed by atoms with van der Waals surface area (Å²) < 4.78 is 5.25. The highest BCUT2D eigenvalue weighted by molar-refractivity contribution is 5.79. The van der Waals surface area contributed by atoms with Gasteiger partial charge >= 0.3 is 12.0 Å². The number of hydrogen-bond acceptors (Lipinski definition) is 3. The number of hydrogen-bond donors (Lipinski definition) is 1. The Morgan fingerprint density at radius 1 is 1.55 bits per heavy atom. The van der Waals surface area contributed by atoms with Gasteiger partial charge in [0, 0.05) is 19.6 Å². The van der Waals surface area contributed by atoms with Crippen molar-refractivity contribution in [3.05, 3.63) is 24.2 Å². The van der Waals surface area contributed by atoms with Crippen LogP contribution in [0.4, 0.5) is 4.79 Å². The third-order valence-corrected chi connectivity index (χ3v) is 3.84. The van der Waals surface area contributed by atoms with E-state index in [1.54, 1.807) is 29.1 Å². The van der Waals surface area contributed by atoms with Gasteiger partial charge < -0.3 is 19.3 Å². The average molecular weight is 280 g/mol. The number of amides is 2. The van der Waals surface area contributed by atoms with Crippen LogP contribution in [0, 0.1) is 5.41 Å². The lowest BCUT2D eigenvalue weighted by Gasteiger charge is -2.27. The quantitative estimate of drug-likeness (QED) is 0.915. The second kappa shape index (κ2) is 5.56. The van der Waals surface area contributed by atoms with E-state index in [2.05, 4.69) is 0 Å². The smallest absolute Gasteiger partial charge is 0.320 e. The number of furan rings is 1. The standard InChI is InChI=1S/C14H20N2O4/c1-3-15(9-11-5-4-8-20-11)13(19)16-7-6-14(2,10-16)12(17)18/h4-5,8H,3,6-7,9-10H2,1-2H3,(H,17,18). The van der Waals surface area contributed by atoms with Crippen LogP contribution in [0.25, 0.3) is 0 Å². The molecule has 0 radical (unpaired) electrons. The minimum Gasteiger partial charge on any atom is -0.481 e. The van der Waals surface area contributed by atoms with Crippen molar-refractivity contribution in [1.29, 1.82) is 0 Å². The van der Waals surface area contributed by atoms with Gasteiger partial charge in [-0.2, -0.15) is 0 Å². The van der Waals surface area contributed by atoms with E-state index in [-0.39, 0.29) is 12.6 Å². The van der Waals surface area contributed by atoms with Gasteiger partial charge in [0.05, 0.1) is 18.2 Å². The fourth-order valence-electron chi connectivity index (χ4n) is 2.40. The number of carboxylic acid groups (broad SMARTS) is 1. The second-order valence-corrected chi connectivity index (χ2v) is 5.41. The minimum atomic E-state index is -0.845. The number of likely N-dealkylation sites (tertiary alicyclic amines) is 1. The van der Waals surface area contributed by atoms with Crippen LogP contribution in [0.1, 0.15) is 26.0 Å². The number of nitrogens with zero attached hydrogens (tertiary/aromatic N) is 2. The van der Waals surface area contributed by atoms with Crippen molar-refractivity contribution in [2.24, 2.45) is 5.41 Å². The van der Waals surface area contributed by atoms with E-state index < -0.39 is 11.4 Å². The van der Waals surface area contributed by atoms with Crippen LogP contribution in [0.3, 0.4) is 0 Å². The van der Waals surface area contributed by atoms with Crippen LogP contribution in [-0.2, 0) is 11.3 Å². The number of carboxylic acids is 1. The molecule has 6 nitrogen and oxygen atoms in total. The van der Waals surface area contributed by atoms with Gasteiger partial charge in [-0.1, -0.05) is 0 Å². The summed E-state index contributed by atoms with van der Waals surface area (Å²) >= 11 is 0. The molecule has 1 aromatic heterocycles. The molecule has 0 saturated carbocycles. The molecule has 1 aliphatic heterocycles. The van der Waals surface area contributed by atoms with Gasteiger partial charge in [-0.15, -0.1) is 0 Å². The number of urea groups is 1. The molecular weight excluding hydrogens is 260 g/mol. The van der Waals surface area contributed by atoms with E-state index in [1.165, 1.54) is 0 Å². The lowest BCUT2D eigenvalue weighted by Crippen LogP contribution is -2.43. The predicted octanol–water partition coefficient (Wildman–Crippen LogP) is 2.02. The fraction of sp³-hybridized carbons (Fsp3) is 0.571. The zero-order chi connectivity index (χ0) is 14.8. The minimum absolute atomic E-state index is 0.131. The second-order valence-electron chi connectivity index (χ2n) is 5.41. The zero-order valence-electron chi connectivity index (χ0n) is 11.8. The summed E-state index contributed by atoms with van der Waals surface area (Å²) in [5, 5.41) is 9.21. The summed E-state index contributed by atoms with van der Waals surface area (Å²) in [6.45, 7) is 5.28. The Morgan fingerprint density at radius 2 is 2.30 bits per heavy atom. The molecule has 6 heteroatoms. The Kier molecular flexibility index (Phi) is 4.01. The number of rotatable bonds is 4. The van der Waals surface area contributed by atoms with Crippen molar-refractivity contribution in [3.63, 3.8) is 0 Å². The number of aliphatic carboxylic acids is 1. The van der Waals surface area contributed by atoms with E-state index >= 15 is 0 Å². The normalized spacial score (nSPS) is 22.0. The highest BCUT2D eigenvalue weighted by atomic mass is 16.4. The molecule has 1 saturated heterocycles. The highest BCUT2D eigenvalue weighted by Gasteiger charge is 2.42. The van der Waals surface area contributed by atoms with E-state index in [1.807, 2.05) is 13.0 Å². The molecule has 2 heterocycles. The maximum Gasteiger partial charge on any atom is 0.320 e. The lowest BCUT2D eigenvalue weighted by molar-refractivity contribution is -0.147. The zero-order valence-corrected chi connectivity index (χ0v) is 11.8. The summed E-state index contributed by atoms with van der Waals surface area (Å²) in [5.41, 5.74) is -0.834. The third kappa shape index (κ3) is 2.79. The van der Waals surface area contributed by atoms with Gasteiger partial charge in [0.1, 0.15) is 5.76 Å². The topological polar surface area (TPSA) is 74.0 Å². The van der Waals surface area contributed by atoms with Crippen molar-refractivity contribution in [3.8, 4) is 0 Å². The Hall–Kier alpha value is -1.98. The molecule has 0 bridgehead atoms. The van der Waals surface area contributed by atoms with E-state index in [0.29, 0.717) is 26.1 Å². The number of carbonyl (C=O) groups excluding carboxylic acids is 1. The van der Waals surface area contributed by atoms with Crippen molar-refractivity contribution in [2.45, 2.75) is 26.8 Å². The lowest BCUT2D eigenvalue weighted by atomic mass is 9.90. The monoisotopic (exact) mass is 280 g/mol. The van der Waals surface area contributed by atoms with Gasteiger partial charge in [-0.3, -0.25) is 4.79 Å². The summed E-state index contributed by atoms with van der Waals surface area (Å²) in [6.07, 6.45) is 2.07. The molecule has 20 heavy (non-hydrogen) atoms. The molecule has 110 valence electrons. The third-order valence-electron chi connectivity index (χ3n) is 3.84. The first-order valence-corrected chi connectivity index (χ1v) is 6.76. The summed E-state index contributed by atoms with van der Waals surface area (Å²) in [6, 6.07) is 3.47. The number of carbonyl (C=O) groups is 2. The van der Waals surface area contributed by atoms with Crippen LogP contribution >= 0.6 is 0 Å². The summed E-state index contributed by atoms with van der Waals surface area (Å²) in [5.74, 6) is -0.123. The van der Waals surface area contributed by atoms with Gasteiger partial charge in [0.2, 0.25) is 0 Å². The highest BCUT2D eigenvalue weighted by Crippen LogP contribution is 2.30. The van der Waals surface area contributed by atoms with Crippen LogP contribution in [-0.4, -0.2) is 46.5 Å². The summed E-state index contributed by atoms with van der Waals surface area (Å²) in [4.78, 5) is 26.9. The van der Waals surface area contributed by atoms with Gasteiger partial charge in [-0.25, -0.2) is 4.79 Å². The predicted molar refractivity (Wildman–Crippen MR) is 72.1 cm³/mol.